The smallest absolute Gasteiger partial charge is 0.267 e. The Balaban J connectivity index is 1.35. The third-order valence-corrected chi connectivity index (χ3v) is 8.99. The predicted octanol–water partition coefficient (Wildman–Crippen LogP) is 4.36. The summed E-state index contributed by atoms with van der Waals surface area (Å²) in [5.41, 5.74) is 2.77. The fourth-order valence-corrected chi connectivity index (χ4v) is 6.74. The van der Waals surface area contributed by atoms with E-state index in [4.69, 9.17) is 33.5 Å². The highest BCUT2D eigenvalue weighted by molar-refractivity contribution is 8.26. The lowest BCUT2D eigenvalue weighted by Gasteiger charge is -2.37. The highest BCUT2D eigenvalue weighted by Gasteiger charge is 2.35. The van der Waals surface area contributed by atoms with Crippen LogP contribution in [0.25, 0.3) is 11.7 Å². The molecule has 2 aromatic heterocycles. The van der Waals surface area contributed by atoms with E-state index in [-0.39, 0.29) is 17.6 Å². The van der Waals surface area contributed by atoms with Gasteiger partial charge in [0.1, 0.15) is 15.8 Å². The van der Waals surface area contributed by atoms with Crippen molar-refractivity contribution in [1.82, 2.24) is 14.3 Å². The van der Waals surface area contributed by atoms with Gasteiger partial charge < -0.3 is 14.5 Å². The van der Waals surface area contributed by atoms with Crippen LogP contribution in [0.3, 0.4) is 0 Å². The maximum Gasteiger partial charge on any atom is 0.267 e. The molecule has 3 fully saturated rings. The van der Waals surface area contributed by atoms with Gasteiger partial charge in [-0.1, -0.05) is 47.7 Å². The standard InChI is InChI=1S/C28H28ClN5O3S2/c1-18-5-3-9-33-24(18)30-25(32-12-10-31(11-13-32)20-7-2-6-19(29)15-20)22(26(33)35)16-23-27(36)34(28(38)39-23)17-21-8-4-14-37-21/h2-3,5-7,9,15-16,21H,4,8,10-14,17H2,1H3/b23-16-/t21-/m1/s1. The average Bonchev–Trinajstić information content (AvgIpc) is 3.55. The summed E-state index contributed by atoms with van der Waals surface area (Å²) in [5, 5.41) is 0.703. The first kappa shape index (κ1) is 26.3. The first-order valence-corrected chi connectivity index (χ1v) is 14.6. The minimum Gasteiger partial charge on any atom is -0.376 e. The lowest BCUT2D eigenvalue weighted by Crippen LogP contribution is -2.47. The molecule has 202 valence electrons. The van der Waals surface area contributed by atoms with Crippen LogP contribution in [0.1, 0.15) is 24.0 Å². The van der Waals surface area contributed by atoms with E-state index in [0.29, 0.717) is 57.5 Å². The first-order chi connectivity index (χ1) is 18.9. The van der Waals surface area contributed by atoms with Gasteiger partial charge in [0.25, 0.3) is 11.5 Å². The quantitative estimate of drug-likeness (QED) is 0.325. The maximum atomic E-state index is 13.8. The Morgan fingerprint density at radius 1 is 1.15 bits per heavy atom. The van der Waals surface area contributed by atoms with Gasteiger partial charge in [-0.15, -0.1) is 0 Å². The number of thioether (sulfide) groups is 1. The molecule has 3 saturated heterocycles. The summed E-state index contributed by atoms with van der Waals surface area (Å²) in [7, 11) is 0. The van der Waals surface area contributed by atoms with Gasteiger partial charge in [-0.05, 0) is 55.7 Å². The number of aromatic nitrogens is 2. The van der Waals surface area contributed by atoms with Crippen molar-refractivity contribution in [3.8, 4) is 0 Å². The highest BCUT2D eigenvalue weighted by Crippen LogP contribution is 2.35. The Morgan fingerprint density at radius 3 is 2.69 bits per heavy atom. The van der Waals surface area contributed by atoms with Crippen LogP contribution in [0.4, 0.5) is 11.5 Å². The number of aryl methyl sites for hydroxylation is 1. The second-order valence-electron chi connectivity index (χ2n) is 9.92. The first-order valence-electron chi connectivity index (χ1n) is 13.0. The van der Waals surface area contributed by atoms with E-state index < -0.39 is 0 Å². The second-order valence-corrected chi connectivity index (χ2v) is 12.0. The lowest BCUT2D eigenvalue weighted by atomic mass is 10.2. The fourth-order valence-electron chi connectivity index (χ4n) is 5.30. The summed E-state index contributed by atoms with van der Waals surface area (Å²) in [6.45, 7) is 5.93. The third-order valence-electron chi connectivity index (χ3n) is 7.38. The van der Waals surface area contributed by atoms with Gasteiger partial charge >= 0.3 is 0 Å². The van der Waals surface area contributed by atoms with E-state index in [1.165, 1.54) is 11.8 Å². The molecule has 1 aromatic carbocycles. The largest absolute Gasteiger partial charge is 0.376 e. The second kappa shape index (κ2) is 10.9. The Bertz CT molecular complexity index is 1540. The summed E-state index contributed by atoms with van der Waals surface area (Å²) >= 11 is 13.0. The maximum absolute atomic E-state index is 13.8. The zero-order chi connectivity index (χ0) is 27.1. The molecule has 5 heterocycles. The molecular formula is C28H28ClN5O3S2. The normalized spacial score (nSPS) is 21.1. The number of halogens is 1. The van der Waals surface area contributed by atoms with E-state index in [2.05, 4.69) is 15.9 Å². The van der Waals surface area contributed by atoms with Crippen LogP contribution in [0.2, 0.25) is 5.02 Å². The van der Waals surface area contributed by atoms with Crippen molar-refractivity contribution in [1.29, 1.82) is 0 Å². The molecule has 1 atom stereocenters. The van der Waals surface area contributed by atoms with Crippen molar-refractivity contribution in [3.63, 3.8) is 0 Å². The molecule has 11 heteroatoms. The van der Waals surface area contributed by atoms with Gasteiger partial charge in [0.2, 0.25) is 0 Å². The van der Waals surface area contributed by atoms with E-state index >= 15 is 0 Å². The zero-order valence-corrected chi connectivity index (χ0v) is 23.9. The molecule has 0 radical (unpaired) electrons. The number of carbonyl (C=O) groups excluding carboxylic acids is 1. The Morgan fingerprint density at radius 2 is 1.95 bits per heavy atom. The number of benzene rings is 1. The number of ether oxygens (including phenoxy) is 1. The number of piperazine rings is 1. The molecule has 0 spiro atoms. The molecule has 0 unspecified atom stereocenters. The van der Waals surface area contributed by atoms with Crippen molar-refractivity contribution < 1.29 is 9.53 Å². The molecule has 8 nitrogen and oxygen atoms in total. The summed E-state index contributed by atoms with van der Waals surface area (Å²) < 4.78 is 7.77. The van der Waals surface area contributed by atoms with Crippen LogP contribution in [-0.2, 0) is 9.53 Å². The molecule has 0 N–H and O–H groups in total. The lowest BCUT2D eigenvalue weighted by molar-refractivity contribution is -0.123. The van der Waals surface area contributed by atoms with Crippen molar-refractivity contribution in [3.05, 3.63) is 74.0 Å². The Labute approximate surface area is 241 Å². The number of pyridine rings is 1. The van der Waals surface area contributed by atoms with E-state index in [9.17, 15) is 9.59 Å². The highest BCUT2D eigenvalue weighted by atomic mass is 35.5. The summed E-state index contributed by atoms with van der Waals surface area (Å²) in [4.78, 5) is 38.6. The van der Waals surface area contributed by atoms with Crippen LogP contribution in [0, 0.1) is 6.92 Å². The molecular weight excluding hydrogens is 554 g/mol. The molecule has 6 rings (SSSR count). The minimum absolute atomic E-state index is 0.00543. The number of nitrogens with zero attached hydrogens (tertiary/aromatic N) is 5. The van der Waals surface area contributed by atoms with Crippen molar-refractivity contribution in [2.24, 2.45) is 0 Å². The molecule has 0 saturated carbocycles. The Hall–Kier alpha value is -2.92. The number of carbonyl (C=O) groups is 1. The van der Waals surface area contributed by atoms with Gasteiger partial charge in [0.05, 0.1) is 23.1 Å². The van der Waals surface area contributed by atoms with Crippen LogP contribution in [0.15, 0.2) is 52.3 Å². The monoisotopic (exact) mass is 581 g/mol. The van der Waals surface area contributed by atoms with E-state index in [1.54, 1.807) is 21.6 Å². The number of thiocarbonyl (C=S) groups is 1. The molecule has 1 amide bonds. The van der Waals surface area contributed by atoms with Gasteiger partial charge in [-0.25, -0.2) is 4.98 Å². The van der Waals surface area contributed by atoms with Crippen LogP contribution in [-0.4, -0.2) is 69.9 Å². The van der Waals surface area contributed by atoms with E-state index in [1.807, 2.05) is 37.3 Å². The zero-order valence-electron chi connectivity index (χ0n) is 21.5. The van der Waals surface area contributed by atoms with Gasteiger partial charge in [0, 0.05) is 49.7 Å². The van der Waals surface area contributed by atoms with Crippen molar-refractivity contribution in [2.75, 3.05) is 49.1 Å². The predicted molar refractivity (Wildman–Crippen MR) is 161 cm³/mol. The van der Waals surface area contributed by atoms with E-state index in [0.717, 1.165) is 37.2 Å². The molecule has 39 heavy (non-hydrogen) atoms. The number of rotatable bonds is 5. The number of hydrogen-bond acceptors (Lipinski definition) is 8. The third kappa shape index (κ3) is 5.18. The number of anilines is 2. The van der Waals surface area contributed by atoms with Crippen molar-refractivity contribution in [2.45, 2.75) is 25.9 Å². The van der Waals surface area contributed by atoms with Crippen LogP contribution < -0.4 is 15.4 Å². The summed E-state index contributed by atoms with van der Waals surface area (Å²) in [6.07, 6.45) is 5.30. The van der Waals surface area contributed by atoms with Gasteiger partial charge in [-0.2, -0.15) is 0 Å². The average molecular weight is 582 g/mol. The molecule has 0 bridgehead atoms. The number of amides is 1. The molecule has 3 aliphatic rings. The topological polar surface area (TPSA) is 70.4 Å². The number of fused-ring (bicyclic) bond motifs is 1. The minimum atomic E-state index is -0.208. The summed E-state index contributed by atoms with van der Waals surface area (Å²) in [6, 6.07) is 11.6. The SMILES string of the molecule is Cc1cccn2c(=O)c(/C=C3\SC(=S)N(C[C@H]4CCCO4)C3=O)c(N3CCN(c4cccc(Cl)c4)CC3)nc12. The van der Waals surface area contributed by atoms with Gasteiger partial charge in [-0.3, -0.25) is 18.9 Å². The molecule has 3 aliphatic heterocycles. The molecule has 0 aliphatic carbocycles. The van der Waals surface area contributed by atoms with Crippen LogP contribution in [0.5, 0.6) is 0 Å². The fraction of sp³-hybridized carbons (Fsp3) is 0.357. The molecule has 3 aromatic rings. The Kier molecular flexibility index (Phi) is 7.37. The van der Waals surface area contributed by atoms with Crippen molar-refractivity contribution >= 4 is 69.0 Å². The van der Waals surface area contributed by atoms with Gasteiger partial charge in [0.15, 0.2) is 0 Å². The van der Waals surface area contributed by atoms with Crippen LogP contribution >= 0.6 is 35.6 Å². The number of hydrogen-bond donors (Lipinski definition) is 0. The summed E-state index contributed by atoms with van der Waals surface area (Å²) in [5.74, 6) is 0.399.